The van der Waals surface area contributed by atoms with Gasteiger partial charge in [0.2, 0.25) is 0 Å². The van der Waals surface area contributed by atoms with Gasteiger partial charge in [-0.3, -0.25) is 4.79 Å². The Labute approximate surface area is 109 Å². The molecule has 1 unspecified atom stereocenters. The lowest BCUT2D eigenvalue weighted by Gasteiger charge is -2.20. The first-order valence-corrected chi connectivity index (χ1v) is 5.86. The highest BCUT2D eigenvalue weighted by Gasteiger charge is 2.12. The third kappa shape index (κ3) is 2.50. The number of hydrogen-bond acceptors (Lipinski definition) is 4. The van der Waals surface area contributed by atoms with Crippen LogP contribution in [-0.2, 0) is 0 Å². The molecule has 4 nitrogen and oxygen atoms in total. The Morgan fingerprint density at radius 1 is 1.37 bits per heavy atom. The minimum Gasteiger partial charge on any atom is -0.422 e. The van der Waals surface area contributed by atoms with Gasteiger partial charge in [0.25, 0.3) is 0 Å². The van der Waals surface area contributed by atoms with E-state index in [0.717, 1.165) is 0 Å². The van der Waals surface area contributed by atoms with Gasteiger partial charge >= 0.3 is 5.63 Å². The molecule has 0 aliphatic rings. The molecule has 0 fully saturated rings. The Bertz CT molecular complexity index is 691. The molecule has 0 amide bonds. The van der Waals surface area contributed by atoms with E-state index >= 15 is 0 Å². The molecule has 0 aliphatic heterocycles. The van der Waals surface area contributed by atoms with Gasteiger partial charge in [-0.05, 0) is 32.0 Å². The number of rotatable bonds is 3. The minimum absolute atomic E-state index is 0.0208. The third-order valence-corrected chi connectivity index (χ3v) is 3.04. The van der Waals surface area contributed by atoms with Crippen LogP contribution in [-0.4, -0.2) is 19.1 Å². The van der Waals surface area contributed by atoms with Gasteiger partial charge in [-0.15, -0.1) is 0 Å². The predicted molar refractivity (Wildman–Crippen MR) is 71.5 cm³/mol. The lowest BCUT2D eigenvalue weighted by Crippen LogP contribution is -2.24. The standard InChI is InChI=1S/C14H14FNO3/c1-8(17)12-6-10-4-5-11(16(3)9(2)15)7-13(10)19-14(12)18/h4-7,9H,1-3H3. The topological polar surface area (TPSA) is 50.5 Å². The second kappa shape index (κ2) is 4.84. The molecule has 0 spiro atoms. The summed E-state index contributed by atoms with van der Waals surface area (Å²) in [4.78, 5) is 24.3. The van der Waals surface area contributed by atoms with Crippen molar-refractivity contribution in [3.05, 3.63) is 40.2 Å². The van der Waals surface area contributed by atoms with Crippen LogP contribution in [0, 0.1) is 0 Å². The number of anilines is 1. The molecular formula is C14H14FNO3. The lowest BCUT2D eigenvalue weighted by molar-refractivity contribution is 0.101. The zero-order valence-electron chi connectivity index (χ0n) is 10.9. The number of halogens is 1. The van der Waals surface area contributed by atoms with Crippen LogP contribution in [0.2, 0.25) is 0 Å². The number of benzene rings is 1. The minimum atomic E-state index is -1.15. The molecule has 0 saturated carbocycles. The highest BCUT2D eigenvalue weighted by Crippen LogP contribution is 2.22. The van der Waals surface area contributed by atoms with Crippen molar-refractivity contribution in [2.24, 2.45) is 0 Å². The fourth-order valence-electron chi connectivity index (χ4n) is 1.77. The van der Waals surface area contributed by atoms with E-state index in [-0.39, 0.29) is 11.3 Å². The van der Waals surface area contributed by atoms with Crippen molar-refractivity contribution in [1.82, 2.24) is 0 Å². The third-order valence-electron chi connectivity index (χ3n) is 3.04. The average Bonchev–Trinajstić information content (AvgIpc) is 2.35. The highest BCUT2D eigenvalue weighted by atomic mass is 19.1. The van der Waals surface area contributed by atoms with Gasteiger partial charge in [0.15, 0.2) is 12.1 Å². The second-order valence-corrected chi connectivity index (χ2v) is 4.41. The van der Waals surface area contributed by atoms with Crippen LogP contribution in [0.25, 0.3) is 11.0 Å². The summed E-state index contributed by atoms with van der Waals surface area (Å²) in [6.45, 7) is 2.73. The number of alkyl halides is 1. The molecule has 0 aliphatic carbocycles. The van der Waals surface area contributed by atoms with Gasteiger partial charge in [0.05, 0.1) is 0 Å². The monoisotopic (exact) mass is 263 g/mol. The SMILES string of the molecule is CC(=O)c1cc2ccc(N(C)C(C)F)cc2oc1=O. The molecule has 5 heteroatoms. The molecule has 1 aromatic heterocycles. The summed E-state index contributed by atoms with van der Waals surface area (Å²) in [6.07, 6.45) is -1.15. The van der Waals surface area contributed by atoms with Crippen LogP contribution in [0.4, 0.5) is 10.1 Å². The maximum atomic E-state index is 13.2. The van der Waals surface area contributed by atoms with Gasteiger partial charge in [0, 0.05) is 24.2 Å². The van der Waals surface area contributed by atoms with Crippen molar-refractivity contribution in [2.45, 2.75) is 20.1 Å². The molecule has 19 heavy (non-hydrogen) atoms. The van der Waals surface area contributed by atoms with E-state index in [4.69, 9.17) is 4.42 Å². The molecule has 0 N–H and O–H groups in total. The Kier molecular flexibility index (Phi) is 3.38. The predicted octanol–water partition coefficient (Wildman–Crippen LogP) is 2.75. The van der Waals surface area contributed by atoms with Crippen molar-refractivity contribution >= 4 is 22.4 Å². The highest BCUT2D eigenvalue weighted by molar-refractivity contribution is 5.96. The fourth-order valence-corrected chi connectivity index (χ4v) is 1.77. The second-order valence-electron chi connectivity index (χ2n) is 4.41. The van der Waals surface area contributed by atoms with Crippen LogP contribution in [0.15, 0.2) is 33.5 Å². The van der Waals surface area contributed by atoms with Crippen molar-refractivity contribution in [2.75, 3.05) is 11.9 Å². The summed E-state index contributed by atoms with van der Waals surface area (Å²) >= 11 is 0. The van der Waals surface area contributed by atoms with E-state index in [9.17, 15) is 14.0 Å². The molecule has 2 rings (SSSR count). The molecule has 1 aromatic carbocycles. The molecule has 0 saturated heterocycles. The molecule has 100 valence electrons. The molecule has 0 radical (unpaired) electrons. The van der Waals surface area contributed by atoms with Crippen molar-refractivity contribution in [3.63, 3.8) is 0 Å². The largest absolute Gasteiger partial charge is 0.422 e. The van der Waals surface area contributed by atoms with Crippen molar-refractivity contribution < 1.29 is 13.6 Å². The quantitative estimate of drug-likeness (QED) is 0.485. The summed E-state index contributed by atoms with van der Waals surface area (Å²) in [5.74, 6) is -0.339. The zero-order valence-corrected chi connectivity index (χ0v) is 10.9. The number of hydrogen-bond donors (Lipinski definition) is 0. The first-order valence-electron chi connectivity index (χ1n) is 5.86. The van der Waals surface area contributed by atoms with Crippen LogP contribution in [0.5, 0.6) is 0 Å². The Morgan fingerprint density at radius 2 is 2.05 bits per heavy atom. The number of fused-ring (bicyclic) bond motifs is 1. The van der Waals surface area contributed by atoms with E-state index in [0.29, 0.717) is 16.7 Å². The van der Waals surface area contributed by atoms with E-state index in [1.54, 1.807) is 25.2 Å². The van der Waals surface area contributed by atoms with Gasteiger partial charge in [-0.2, -0.15) is 0 Å². The van der Waals surface area contributed by atoms with Crippen molar-refractivity contribution in [1.29, 1.82) is 0 Å². The molecular weight excluding hydrogens is 249 g/mol. The van der Waals surface area contributed by atoms with Gasteiger partial charge < -0.3 is 9.32 Å². The normalized spacial score (nSPS) is 12.4. The van der Waals surface area contributed by atoms with Crippen LogP contribution in [0.3, 0.4) is 0 Å². The number of nitrogens with zero attached hydrogens (tertiary/aromatic N) is 1. The van der Waals surface area contributed by atoms with Crippen LogP contribution < -0.4 is 10.5 Å². The Morgan fingerprint density at radius 3 is 2.63 bits per heavy atom. The van der Waals surface area contributed by atoms with Gasteiger partial charge in [-0.25, -0.2) is 9.18 Å². The Hall–Kier alpha value is -2.17. The first kappa shape index (κ1) is 13.3. The van der Waals surface area contributed by atoms with Crippen LogP contribution in [0.1, 0.15) is 24.2 Å². The van der Waals surface area contributed by atoms with Gasteiger partial charge in [-0.1, -0.05) is 0 Å². The van der Waals surface area contributed by atoms with E-state index in [1.165, 1.54) is 24.8 Å². The van der Waals surface area contributed by atoms with Crippen LogP contribution >= 0.6 is 0 Å². The summed E-state index contributed by atoms with van der Waals surface area (Å²) in [7, 11) is 1.61. The van der Waals surface area contributed by atoms with Gasteiger partial charge in [0.1, 0.15) is 11.1 Å². The van der Waals surface area contributed by atoms with E-state index < -0.39 is 11.9 Å². The summed E-state index contributed by atoms with van der Waals surface area (Å²) in [6, 6.07) is 6.48. The molecule has 0 bridgehead atoms. The summed E-state index contributed by atoms with van der Waals surface area (Å²) < 4.78 is 18.3. The zero-order chi connectivity index (χ0) is 14.2. The fraction of sp³-hybridized carbons (Fsp3) is 0.286. The number of carbonyl (C=O) groups excluding carboxylic acids is 1. The number of carbonyl (C=O) groups is 1. The maximum Gasteiger partial charge on any atom is 0.347 e. The maximum absolute atomic E-state index is 13.2. The molecule has 1 atom stereocenters. The smallest absolute Gasteiger partial charge is 0.347 e. The summed E-state index contributed by atoms with van der Waals surface area (Å²) in [5, 5.41) is 0.633. The number of ketones is 1. The lowest BCUT2D eigenvalue weighted by atomic mass is 10.1. The Balaban J connectivity index is 2.59. The average molecular weight is 263 g/mol. The number of Topliss-reactive ketones (excluding diaryl/α,β-unsaturated/α-hetero) is 1. The van der Waals surface area contributed by atoms with Crippen molar-refractivity contribution in [3.8, 4) is 0 Å². The van der Waals surface area contributed by atoms with E-state index in [2.05, 4.69) is 0 Å². The molecule has 1 heterocycles. The summed E-state index contributed by atoms with van der Waals surface area (Å²) in [5.41, 5.74) is 0.279. The first-order chi connectivity index (χ1) is 8.90. The molecule has 2 aromatic rings. The van der Waals surface area contributed by atoms with E-state index in [1.807, 2.05) is 0 Å².